The van der Waals surface area contributed by atoms with E-state index in [2.05, 4.69) is 5.16 Å². The molecule has 1 aliphatic carbocycles. The number of benzene rings is 2. The Morgan fingerprint density at radius 3 is 2.10 bits per heavy atom. The van der Waals surface area contributed by atoms with Crippen molar-refractivity contribution in [3.8, 4) is 0 Å². The smallest absolute Gasteiger partial charge is 0.121 e. The molecule has 0 saturated heterocycles. The van der Waals surface area contributed by atoms with Gasteiger partial charge in [0.25, 0.3) is 0 Å². The summed E-state index contributed by atoms with van der Waals surface area (Å²) in [4.78, 5) is 0. The van der Waals surface area contributed by atoms with Crippen LogP contribution in [0.1, 0.15) is 17.5 Å². The van der Waals surface area contributed by atoms with E-state index in [1.165, 1.54) is 0 Å². The van der Waals surface area contributed by atoms with Crippen molar-refractivity contribution in [3.63, 3.8) is 0 Å². The summed E-state index contributed by atoms with van der Waals surface area (Å²) >= 11 is 0. The molecule has 0 aromatic heterocycles. The minimum absolute atomic E-state index is 0.276. The van der Waals surface area contributed by atoms with E-state index in [1.54, 1.807) is 6.08 Å². The lowest BCUT2D eigenvalue weighted by Gasteiger charge is -2.27. The van der Waals surface area contributed by atoms with Crippen LogP contribution >= 0.6 is 0 Å². The number of allylic oxidation sites excluding steroid dienone is 1. The van der Waals surface area contributed by atoms with E-state index in [1.807, 2.05) is 60.7 Å². The molecule has 0 radical (unpaired) electrons. The normalized spacial score (nSPS) is 23.9. The van der Waals surface area contributed by atoms with E-state index in [9.17, 15) is 5.11 Å². The number of aliphatic hydroxyl groups is 1. The fraction of sp³-hybridized carbons (Fsp3) is 0.118. The topological polar surface area (TPSA) is 52.8 Å². The molecule has 0 bridgehead atoms. The van der Waals surface area contributed by atoms with Gasteiger partial charge in [-0.25, -0.2) is 0 Å². The van der Waals surface area contributed by atoms with Crippen LogP contribution in [0.4, 0.5) is 0 Å². The average molecular weight is 265 g/mol. The molecule has 3 rings (SSSR count). The summed E-state index contributed by atoms with van der Waals surface area (Å²) in [5.74, 6) is 0. The van der Waals surface area contributed by atoms with Crippen LogP contribution in [0.2, 0.25) is 0 Å². The summed E-state index contributed by atoms with van der Waals surface area (Å²) in [5, 5.41) is 23.4. The Morgan fingerprint density at radius 1 is 0.900 bits per heavy atom. The van der Waals surface area contributed by atoms with Crippen molar-refractivity contribution in [2.45, 2.75) is 12.0 Å². The van der Waals surface area contributed by atoms with Gasteiger partial charge in [0.05, 0.1) is 5.71 Å². The molecule has 0 fully saturated rings. The second-order valence-electron chi connectivity index (χ2n) is 4.92. The van der Waals surface area contributed by atoms with Crippen LogP contribution in [-0.4, -0.2) is 16.0 Å². The van der Waals surface area contributed by atoms with E-state index in [0.29, 0.717) is 5.71 Å². The summed E-state index contributed by atoms with van der Waals surface area (Å²) in [6, 6.07) is 19.1. The standard InChI is InChI=1S/C17H15NO2/c19-17(14-9-5-2-6-10-14)12-15(18-20)11-16(17)13-7-3-1-4-8-13/h1-11,19-20H,12H2/b18-15-. The number of oxime groups is 1. The zero-order chi connectivity index (χ0) is 14.0. The molecule has 100 valence electrons. The predicted molar refractivity (Wildman–Crippen MR) is 78.6 cm³/mol. The second kappa shape index (κ2) is 4.94. The van der Waals surface area contributed by atoms with Gasteiger partial charge in [-0.15, -0.1) is 0 Å². The maximum atomic E-state index is 11.1. The first-order valence-corrected chi connectivity index (χ1v) is 6.50. The van der Waals surface area contributed by atoms with Gasteiger partial charge in [0.15, 0.2) is 0 Å². The number of nitrogens with zero attached hydrogens (tertiary/aromatic N) is 1. The van der Waals surface area contributed by atoms with Crippen LogP contribution < -0.4 is 0 Å². The van der Waals surface area contributed by atoms with Crippen LogP contribution in [0, 0.1) is 0 Å². The molecule has 0 spiro atoms. The minimum atomic E-state index is -1.15. The van der Waals surface area contributed by atoms with Crippen molar-refractivity contribution in [1.82, 2.24) is 0 Å². The molecule has 1 atom stereocenters. The van der Waals surface area contributed by atoms with E-state index in [4.69, 9.17) is 5.21 Å². The Labute approximate surface area is 117 Å². The zero-order valence-electron chi connectivity index (χ0n) is 10.9. The first kappa shape index (κ1) is 12.6. The van der Waals surface area contributed by atoms with Gasteiger partial charge in [-0.3, -0.25) is 0 Å². The van der Waals surface area contributed by atoms with Crippen LogP contribution in [0.3, 0.4) is 0 Å². The zero-order valence-corrected chi connectivity index (χ0v) is 10.9. The maximum absolute atomic E-state index is 11.1. The molecule has 2 N–H and O–H groups in total. The summed E-state index contributed by atoms with van der Waals surface area (Å²) in [7, 11) is 0. The van der Waals surface area contributed by atoms with Gasteiger partial charge in [0, 0.05) is 6.42 Å². The molecule has 3 nitrogen and oxygen atoms in total. The van der Waals surface area contributed by atoms with Crippen molar-refractivity contribution >= 4 is 11.3 Å². The molecule has 1 aliphatic rings. The van der Waals surface area contributed by atoms with Crippen molar-refractivity contribution in [2.75, 3.05) is 0 Å². The SMILES string of the molecule is O/N=C1/C=C(c2ccccc2)C(O)(c2ccccc2)C1. The molecule has 0 saturated carbocycles. The Balaban J connectivity index is 2.14. The quantitative estimate of drug-likeness (QED) is 0.647. The van der Waals surface area contributed by atoms with Crippen LogP contribution in [0.25, 0.3) is 5.57 Å². The minimum Gasteiger partial charge on any atom is -0.411 e. The molecule has 1 unspecified atom stereocenters. The number of hydrogen-bond acceptors (Lipinski definition) is 3. The van der Waals surface area contributed by atoms with Gasteiger partial charge in [0.1, 0.15) is 5.60 Å². The molecule has 0 aliphatic heterocycles. The Hall–Kier alpha value is -2.39. The van der Waals surface area contributed by atoms with Gasteiger partial charge < -0.3 is 10.3 Å². The van der Waals surface area contributed by atoms with Crippen LogP contribution in [0.5, 0.6) is 0 Å². The molecular formula is C17H15NO2. The van der Waals surface area contributed by atoms with Gasteiger partial charge in [-0.2, -0.15) is 0 Å². The van der Waals surface area contributed by atoms with E-state index >= 15 is 0 Å². The van der Waals surface area contributed by atoms with Crippen molar-refractivity contribution in [3.05, 3.63) is 77.9 Å². The van der Waals surface area contributed by atoms with Gasteiger partial charge >= 0.3 is 0 Å². The molecule has 2 aromatic carbocycles. The van der Waals surface area contributed by atoms with Crippen molar-refractivity contribution < 1.29 is 10.3 Å². The highest BCUT2D eigenvalue weighted by atomic mass is 16.4. The predicted octanol–water partition coefficient (Wildman–Crippen LogP) is 3.19. The summed E-state index contributed by atoms with van der Waals surface area (Å²) in [6.07, 6.45) is 2.03. The van der Waals surface area contributed by atoms with Crippen molar-refractivity contribution in [2.24, 2.45) is 5.16 Å². The molecular weight excluding hydrogens is 250 g/mol. The molecule has 0 heterocycles. The third-order valence-electron chi connectivity index (χ3n) is 3.66. The van der Waals surface area contributed by atoms with Crippen LogP contribution in [0.15, 0.2) is 71.9 Å². The van der Waals surface area contributed by atoms with Gasteiger partial charge in [-0.1, -0.05) is 65.8 Å². The van der Waals surface area contributed by atoms with Gasteiger partial charge in [0.2, 0.25) is 0 Å². The third kappa shape index (κ3) is 2.02. The van der Waals surface area contributed by atoms with E-state index in [0.717, 1.165) is 16.7 Å². The molecule has 20 heavy (non-hydrogen) atoms. The number of hydrogen-bond donors (Lipinski definition) is 2. The highest BCUT2D eigenvalue weighted by Gasteiger charge is 2.40. The lowest BCUT2D eigenvalue weighted by Crippen LogP contribution is -2.25. The third-order valence-corrected chi connectivity index (χ3v) is 3.66. The number of rotatable bonds is 2. The monoisotopic (exact) mass is 265 g/mol. The first-order valence-electron chi connectivity index (χ1n) is 6.50. The first-order chi connectivity index (χ1) is 9.74. The lowest BCUT2D eigenvalue weighted by molar-refractivity contribution is 0.112. The average Bonchev–Trinajstić information content (AvgIpc) is 2.87. The molecule has 2 aromatic rings. The fourth-order valence-electron chi connectivity index (χ4n) is 2.67. The van der Waals surface area contributed by atoms with Crippen molar-refractivity contribution in [1.29, 1.82) is 0 Å². The Bertz CT molecular complexity index is 662. The maximum Gasteiger partial charge on any atom is 0.121 e. The lowest BCUT2D eigenvalue weighted by atomic mass is 9.84. The summed E-state index contributed by atoms with van der Waals surface area (Å²) < 4.78 is 0. The largest absolute Gasteiger partial charge is 0.411 e. The highest BCUT2D eigenvalue weighted by molar-refractivity contribution is 6.08. The molecule has 0 amide bonds. The van der Waals surface area contributed by atoms with E-state index in [-0.39, 0.29) is 6.42 Å². The summed E-state index contributed by atoms with van der Waals surface area (Å²) in [6.45, 7) is 0. The van der Waals surface area contributed by atoms with Gasteiger partial charge in [-0.05, 0) is 22.8 Å². The van der Waals surface area contributed by atoms with E-state index < -0.39 is 5.60 Å². The summed E-state index contributed by atoms with van der Waals surface area (Å²) in [5.41, 5.74) is 1.82. The Kier molecular flexibility index (Phi) is 3.12. The highest BCUT2D eigenvalue weighted by Crippen LogP contribution is 2.43. The second-order valence-corrected chi connectivity index (χ2v) is 4.92. The van der Waals surface area contributed by atoms with Crippen LogP contribution in [-0.2, 0) is 5.60 Å². The molecule has 3 heteroatoms. The Morgan fingerprint density at radius 2 is 1.50 bits per heavy atom. The fourth-order valence-corrected chi connectivity index (χ4v) is 2.67.